The van der Waals surface area contributed by atoms with Crippen LogP contribution in [-0.4, -0.2) is 25.6 Å². The van der Waals surface area contributed by atoms with E-state index in [1.54, 1.807) is 19.2 Å². The van der Waals surface area contributed by atoms with E-state index in [0.29, 0.717) is 29.1 Å². The summed E-state index contributed by atoms with van der Waals surface area (Å²) in [4.78, 5) is 25.0. The average molecular weight is 507 g/mol. The lowest BCUT2D eigenvalue weighted by molar-refractivity contribution is -0.112. The minimum absolute atomic E-state index is 0.0933. The van der Waals surface area contributed by atoms with E-state index in [4.69, 9.17) is 14.9 Å². The number of carbonyl (C=O) groups is 2. The lowest BCUT2D eigenvalue weighted by Crippen LogP contribution is -2.18. The molecule has 0 spiro atoms. The summed E-state index contributed by atoms with van der Waals surface area (Å²) in [6.07, 6.45) is 10.6. The lowest BCUT2D eigenvalue weighted by atomic mass is 10.2. The number of allylic oxidation sites excluding steroid dienone is 4. The lowest BCUT2D eigenvalue weighted by Gasteiger charge is -2.19. The van der Waals surface area contributed by atoms with Crippen LogP contribution in [0.4, 0.5) is 20.2 Å². The summed E-state index contributed by atoms with van der Waals surface area (Å²) in [6, 6.07) is 9.30. The number of dihydropyridines is 1. The number of anilines is 2. The normalized spacial score (nSPS) is 14.4. The third kappa shape index (κ3) is 7.25. The van der Waals surface area contributed by atoms with E-state index in [9.17, 15) is 18.4 Å². The van der Waals surface area contributed by atoms with E-state index >= 15 is 0 Å². The highest BCUT2D eigenvalue weighted by Crippen LogP contribution is 2.27. The highest BCUT2D eigenvalue weighted by molar-refractivity contribution is 6.03. The molecule has 1 heterocycles. The standard InChI is InChI=1S/C27H24F2N4O4/c1-18(4-3-13-33(17-34)21-8-5-19(28)6-9-21)27(35)32-20-7-10-25(23(29)14-20)37-26-15-22(36-2)16-31-24(26)11-12-30/h3-17,30-31H,1-2H3,(H,32,35)/b13-3-,18-4+,24-11-,30-12?. The first-order chi connectivity index (χ1) is 17.8. The number of benzene rings is 2. The second-order valence-corrected chi connectivity index (χ2v) is 7.53. The number of amides is 2. The monoisotopic (exact) mass is 506 g/mol. The van der Waals surface area contributed by atoms with Crippen LogP contribution in [0.2, 0.25) is 0 Å². The van der Waals surface area contributed by atoms with Gasteiger partial charge in [0.05, 0.1) is 12.8 Å². The molecule has 0 radical (unpaired) electrons. The summed E-state index contributed by atoms with van der Waals surface area (Å²) in [5.41, 5.74) is 1.39. The van der Waals surface area contributed by atoms with E-state index in [1.165, 1.54) is 72.8 Å². The first-order valence-corrected chi connectivity index (χ1v) is 10.9. The summed E-state index contributed by atoms with van der Waals surface area (Å²) in [5.74, 6) is -1.02. The van der Waals surface area contributed by atoms with Gasteiger partial charge in [-0.1, -0.05) is 6.08 Å². The Bertz CT molecular complexity index is 1330. The van der Waals surface area contributed by atoms with Gasteiger partial charge >= 0.3 is 0 Å². The van der Waals surface area contributed by atoms with Gasteiger partial charge in [-0.15, -0.1) is 0 Å². The van der Waals surface area contributed by atoms with Crippen molar-refractivity contribution in [1.82, 2.24) is 5.32 Å². The molecule has 8 nitrogen and oxygen atoms in total. The number of carbonyl (C=O) groups excluding carboxylic acids is 2. The molecule has 3 N–H and O–H groups in total. The summed E-state index contributed by atoms with van der Waals surface area (Å²) < 4.78 is 38.6. The molecule has 190 valence electrons. The van der Waals surface area contributed by atoms with E-state index in [1.807, 2.05) is 0 Å². The molecule has 1 aliphatic rings. The summed E-state index contributed by atoms with van der Waals surface area (Å²) in [5, 5.41) is 12.8. The molecule has 0 aromatic heterocycles. The third-order valence-corrected chi connectivity index (χ3v) is 4.99. The Balaban J connectivity index is 1.66. The second-order valence-electron chi connectivity index (χ2n) is 7.53. The van der Waals surface area contributed by atoms with E-state index in [0.717, 1.165) is 12.3 Å². The zero-order valence-electron chi connectivity index (χ0n) is 20.0. The van der Waals surface area contributed by atoms with Crippen LogP contribution in [0.3, 0.4) is 0 Å². The largest absolute Gasteiger partial charge is 0.495 e. The quantitative estimate of drug-likeness (QED) is 0.184. The number of methoxy groups -OCH3 is 1. The molecule has 2 amide bonds. The van der Waals surface area contributed by atoms with Crippen LogP contribution in [-0.2, 0) is 14.3 Å². The molecule has 1 aliphatic heterocycles. The van der Waals surface area contributed by atoms with Gasteiger partial charge in [-0.2, -0.15) is 0 Å². The predicted octanol–water partition coefficient (Wildman–Crippen LogP) is 4.91. The SMILES string of the molecule is COC1=CN/C(=C\C=N)C(Oc2ccc(NC(=O)/C(C)=C/C=C\N(C=O)c3ccc(F)cc3)cc2F)=C1. The Labute approximate surface area is 212 Å². The van der Waals surface area contributed by atoms with Gasteiger partial charge in [0.1, 0.15) is 11.6 Å². The Hall–Kier alpha value is -4.99. The summed E-state index contributed by atoms with van der Waals surface area (Å²) in [6.45, 7) is 1.55. The zero-order chi connectivity index (χ0) is 26.8. The second kappa shape index (κ2) is 12.6. The molecule has 2 aromatic carbocycles. The number of rotatable bonds is 10. The number of hydrogen-bond acceptors (Lipinski definition) is 6. The van der Waals surface area contributed by atoms with Gasteiger partial charge in [-0.3, -0.25) is 14.5 Å². The topological polar surface area (TPSA) is 104 Å². The Morgan fingerprint density at radius 3 is 2.57 bits per heavy atom. The zero-order valence-corrected chi connectivity index (χ0v) is 20.0. The van der Waals surface area contributed by atoms with Crippen LogP contribution in [0, 0.1) is 17.0 Å². The van der Waals surface area contributed by atoms with Crippen molar-refractivity contribution in [1.29, 1.82) is 5.41 Å². The van der Waals surface area contributed by atoms with Crippen LogP contribution in [0.25, 0.3) is 0 Å². The maximum absolute atomic E-state index is 14.7. The molecule has 10 heteroatoms. The van der Waals surface area contributed by atoms with Crippen LogP contribution < -0.4 is 20.3 Å². The molecule has 0 saturated heterocycles. The maximum atomic E-state index is 14.7. The molecule has 2 aromatic rings. The van der Waals surface area contributed by atoms with Gasteiger partial charge < -0.3 is 25.5 Å². The number of nitrogens with zero attached hydrogens (tertiary/aromatic N) is 1. The van der Waals surface area contributed by atoms with E-state index in [-0.39, 0.29) is 17.2 Å². The molecular weight excluding hydrogens is 482 g/mol. The summed E-state index contributed by atoms with van der Waals surface area (Å²) in [7, 11) is 1.47. The number of halogens is 2. The van der Waals surface area contributed by atoms with Crippen molar-refractivity contribution in [2.75, 3.05) is 17.3 Å². The fraction of sp³-hybridized carbons (Fsp3) is 0.0741. The van der Waals surface area contributed by atoms with Crippen molar-refractivity contribution < 1.29 is 27.8 Å². The summed E-state index contributed by atoms with van der Waals surface area (Å²) >= 11 is 0. The fourth-order valence-corrected chi connectivity index (χ4v) is 3.05. The Morgan fingerprint density at radius 1 is 1.16 bits per heavy atom. The number of nitrogens with one attached hydrogen (secondary N) is 3. The van der Waals surface area contributed by atoms with E-state index < -0.39 is 17.5 Å². The highest BCUT2D eigenvalue weighted by Gasteiger charge is 2.16. The van der Waals surface area contributed by atoms with Gasteiger partial charge in [-0.05, 0) is 55.5 Å². The van der Waals surface area contributed by atoms with Crippen molar-refractivity contribution in [3.05, 3.63) is 114 Å². The van der Waals surface area contributed by atoms with Gasteiger partial charge in [0.25, 0.3) is 5.91 Å². The molecule has 0 aliphatic carbocycles. The van der Waals surface area contributed by atoms with E-state index in [2.05, 4.69) is 10.6 Å². The first-order valence-electron chi connectivity index (χ1n) is 10.9. The van der Waals surface area contributed by atoms with Crippen LogP contribution in [0.15, 0.2) is 102 Å². The molecule has 0 bridgehead atoms. The third-order valence-electron chi connectivity index (χ3n) is 4.99. The molecule has 0 saturated carbocycles. The maximum Gasteiger partial charge on any atom is 0.251 e. The van der Waals surface area contributed by atoms with Crippen molar-refractivity contribution in [3.63, 3.8) is 0 Å². The van der Waals surface area contributed by atoms with Gasteiger partial charge in [0, 0.05) is 47.7 Å². The van der Waals surface area contributed by atoms with Crippen LogP contribution >= 0.6 is 0 Å². The molecule has 37 heavy (non-hydrogen) atoms. The minimum atomic E-state index is -0.719. The molecule has 3 rings (SSSR count). The van der Waals surface area contributed by atoms with Crippen molar-refractivity contribution >= 4 is 29.9 Å². The molecule has 0 fully saturated rings. The van der Waals surface area contributed by atoms with Gasteiger partial charge in [0.2, 0.25) is 6.41 Å². The average Bonchev–Trinajstić information content (AvgIpc) is 2.89. The van der Waals surface area contributed by atoms with Crippen molar-refractivity contribution in [2.45, 2.75) is 6.92 Å². The van der Waals surface area contributed by atoms with Gasteiger partial charge in [0.15, 0.2) is 17.3 Å². The Kier molecular flexibility index (Phi) is 9.09. The van der Waals surface area contributed by atoms with Gasteiger partial charge in [-0.25, -0.2) is 8.78 Å². The fourth-order valence-electron chi connectivity index (χ4n) is 3.05. The van der Waals surface area contributed by atoms with Crippen molar-refractivity contribution in [2.24, 2.45) is 0 Å². The highest BCUT2D eigenvalue weighted by atomic mass is 19.1. The Morgan fingerprint density at radius 2 is 1.92 bits per heavy atom. The molecule has 0 unspecified atom stereocenters. The first kappa shape index (κ1) is 26.6. The van der Waals surface area contributed by atoms with Crippen molar-refractivity contribution in [3.8, 4) is 5.75 Å². The molecule has 0 atom stereocenters. The van der Waals surface area contributed by atoms with Crippen LogP contribution in [0.5, 0.6) is 5.75 Å². The minimum Gasteiger partial charge on any atom is -0.495 e. The van der Waals surface area contributed by atoms with Crippen LogP contribution in [0.1, 0.15) is 6.92 Å². The number of hydrogen-bond donors (Lipinski definition) is 3. The molecular formula is C27H24F2N4O4. The smallest absolute Gasteiger partial charge is 0.251 e. The number of ether oxygens (including phenoxy) is 2. The predicted molar refractivity (Wildman–Crippen MR) is 137 cm³/mol.